The number of thiocarbonyl (C=S) groups is 1. The standard InChI is InChI=1S/C15H20N2OS/c1-15(2,18-3)7-9-17-8-6-11-10-12(14(16)19)4-5-13(11)17/h4-6,8,10H,7,9H2,1-3H3,(H2,16,19). The van der Waals surface area contributed by atoms with Crippen LogP contribution < -0.4 is 5.73 Å². The van der Waals surface area contributed by atoms with Crippen molar-refractivity contribution < 1.29 is 4.74 Å². The highest BCUT2D eigenvalue weighted by Crippen LogP contribution is 2.21. The molecule has 0 saturated heterocycles. The smallest absolute Gasteiger partial charge is 0.104 e. The summed E-state index contributed by atoms with van der Waals surface area (Å²) in [6.45, 7) is 5.13. The fourth-order valence-corrected chi connectivity index (χ4v) is 2.17. The van der Waals surface area contributed by atoms with Crippen LogP contribution in [0, 0.1) is 0 Å². The minimum atomic E-state index is -0.102. The molecule has 0 aliphatic heterocycles. The molecule has 0 unspecified atom stereocenters. The fraction of sp³-hybridized carbons (Fsp3) is 0.400. The van der Waals surface area contributed by atoms with Crippen molar-refractivity contribution in [3.05, 3.63) is 36.0 Å². The lowest BCUT2D eigenvalue weighted by atomic mass is 10.1. The Morgan fingerprint density at radius 2 is 2.11 bits per heavy atom. The van der Waals surface area contributed by atoms with Crippen molar-refractivity contribution in [3.63, 3.8) is 0 Å². The lowest BCUT2D eigenvalue weighted by Crippen LogP contribution is -2.24. The third-order valence-electron chi connectivity index (χ3n) is 3.56. The molecule has 0 spiro atoms. The first-order valence-corrected chi connectivity index (χ1v) is 6.78. The largest absolute Gasteiger partial charge is 0.389 e. The van der Waals surface area contributed by atoms with Crippen LogP contribution in [0.3, 0.4) is 0 Å². The van der Waals surface area contributed by atoms with Crippen LogP contribution in [0.4, 0.5) is 0 Å². The van der Waals surface area contributed by atoms with E-state index in [0.29, 0.717) is 4.99 Å². The summed E-state index contributed by atoms with van der Waals surface area (Å²) in [4.78, 5) is 0.440. The molecule has 0 amide bonds. The minimum Gasteiger partial charge on any atom is -0.389 e. The number of rotatable bonds is 5. The van der Waals surface area contributed by atoms with E-state index < -0.39 is 0 Å². The summed E-state index contributed by atoms with van der Waals surface area (Å²) in [6, 6.07) is 8.18. The van der Waals surface area contributed by atoms with Crippen LogP contribution in [0.1, 0.15) is 25.8 Å². The molecule has 0 saturated carbocycles. The molecule has 0 radical (unpaired) electrons. The molecule has 1 aromatic heterocycles. The van der Waals surface area contributed by atoms with E-state index in [1.54, 1.807) is 7.11 Å². The Morgan fingerprint density at radius 3 is 2.74 bits per heavy atom. The monoisotopic (exact) mass is 276 g/mol. The Balaban J connectivity index is 2.24. The second kappa shape index (κ2) is 5.31. The van der Waals surface area contributed by atoms with E-state index in [1.165, 1.54) is 10.9 Å². The predicted octanol–water partition coefficient (Wildman–Crippen LogP) is 3.09. The zero-order valence-electron chi connectivity index (χ0n) is 11.6. The summed E-state index contributed by atoms with van der Waals surface area (Å²) in [5.74, 6) is 0. The maximum Gasteiger partial charge on any atom is 0.104 e. The lowest BCUT2D eigenvalue weighted by Gasteiger charge is -2.23. The molecule has 0 aliphatic carbocycles. The molecule has 3 nitrogen and oxygen atoms in total. The average molecular weight is 276 g/mol. The summed E-state index contributed by atoms with van der Waals surface area (Å²) < 4.78 is 7.69. The summed E-state index contributed by atoms with van der Waals surface area (Å²) in [5, 5.41) is 1.17. The van der Waals surface area contributed by atoms with Crippen molar-refractivity contribution in [2.45, 2.75) is 32.4 Å². The van der Waals surface area contributed by atoms with Gasteiger partial charge < -0.3 is 15.0 Å². The fourth-order valence-electron chi connectivity index (χ4n) is 2.04. The molecular weight excluding hydrogens is 256 g/mol. The van der Waals surface area contributed by atoms with Gasteiger partial charge in [0, 0.05) is 36.3 Å². The molecule has 2 rings (SSSR count). The van der Waals surface area contributed by atoms with Crippen LogP contribution in [0.2, 0.25) is 0 Å². The molecule has 1 aromatic carbocycles. The van der Waals surface area contributed by atoms with Crippen LogP contribution in [0.25, 0.3) is 10.9 Å². The maximum atomic E-state index is 5.65. The first-order chi connectivity index (χ1) is 8.93. The molecular formula is C15H20N2OS. The molecule has 2 aromatic rings. The molecule has 0 aliphatic rings. The molecule has 19 heavy (non-hydrogen) atoms. The zero-order chi connectivity index (χ0) is 14.0. The van der Waals surface area contributed by atoms with E-state index in [0.717, 1.165) is 18.5 Å². The summed E-state index contributed by atoms with van der Waals surface area (Å²) >= 11 is 5.00. The van der Waals surface area contributed by atoms with Gasteiger partial charge in [0.25, 0.3) is 0 Å². The van der Waals surface area contributed by atoms with E-state index in [9.17, 15) is 0 Å². The van der Waals surface area contributed by atoms with E-state index in [4.69, 9.17) is 22.7 Å². The van der Waals surface area contributed by atoms with Crippen LogP contribution >= 0.6 is 12.2 Å². The molecule has 102 valence electrons. The Labute approximate surface area is 119 Å². The van der Waals surface area contributed by atoms with Gasteiger partial charge in [-0.25, -0.2) is 0 Å². The molecule has 1 heterocycles. The lowest BCUT2D eigenvalue weighted by molar-refractivity contribution is 0.0123. The minimum absolute atomic E-state index is 0.102. The zero-order valence-corrected chi connectivity index (χ0v) is 12.5. The second-order valence-corrected chi connectivity index (χ2v) is 5.80. The highest BCUT2D eigenvalue weighted by atomic mass is 32.1. The van der Waals surface area contributed by atoms with Crippen molar-refractivity contribution in [3.8, 4) is 0 Å². The maximum absolute atomic E-state index is 5.65. The van der Waals surface area contributed by atoms with Crippen molar-refractivity contribution in [1.82, 2.24) is 4.57 Å². The first-order valence-electron chi connectivity index (χ1n) is 6.37. The van der Waals surface area contributed by atoms with Crippen LogP contribution in [0.15, 0.2) is 30.5 Å². The number of hydrogen-bond donors (Lipinski definition) is 1. The highest BCUT2D eigenvalue weighted by molar-refractivity contribution is 7.80. The summed E-state index contributed by atoms with van der Waals surface area (Å²) in [5.41, 5.74) is 7.67. The third-order valence-corrected chi connectivity index (χ3v) is 3.80. The number of ether oxygens (including phenoxy) is 1. The highest BCUT2D eigenvalue weighted by Gasteiger charge is 2.16. The van der Waals surface area contributed by atoms with Gasteiger partial charge in [0.15, 0.2) is 0 Å². The summed E-state index contributed by atoms with van der Waals surface area (Å²) in [7, 11) is 1.75. The number of fused-ring (bicyclic) bond motifs is 1. The quantitative estimate of drug-likeness (QED) is 0.853. The van der Waals surface area contributed by atoms with Gasteiger partial charge in [-0.1, -0.05) is 12.2 Å². The van der Waals surface area contributed by atoms with Crippen molar-refractivity contribution >= 4 is 28.1 Å². The number of aryl methyl sites for hydroxylation is 1. The Morgan fingerprint density at radius 1 is 1.37 bits per heavy atom. The first kappa shape index (κ1) is 14.0. The topological polar surface area (TPSA) is 40.2 Å². The Kier molecular flexibility index (Phi) is 3.92. The van der Waals surface area contributed by atoms with Gasteiger partial charge in [0.2, 0.25) is 0 Å². The Hall–Kier alpha value is -1.39. The van der Waals surface area contributed by atoms with Gasteiger partial charge in [-0.2, -0.15) is 0 Å². The van der Waals surface area contributed by atoms with Crippen LogP contribution in [-0.4, -0.2) is 22.3 Å². The van der Waals surface area contributed by atoms with Gasteiger partial charge in [0.05, 0.1) is 5.60 Å². The number of nitrogens with zero attached hydrogens (tertiary/aromatic N) is 1. The van der Waals surface area contributed by atoms with Crippen molar-refractivity contribution in [2.24, 2.45) is 5.73 Å². The van der Waals surface area contributed by atoms with E-state index in [2.05, 4.69) is 36.7 Å². The van der Waals surface area contributed by atoms with E-state index >= 15 is 0 Å². The molecule has 2 N–H and O–H groups in total. The number of benzene rings is 1. The molecule has 0 atom stereocenters. The third kappa shape index (κ3) is 3.14. The van der Waals surface area contributed by atoms with Gasteiger partial charge in [0.1, 0.15) is 4.99 Å². The number of hydrogen-bond acceptors (Lipinski definition) is 2. The molecule has 0 bridgehead atoms. The SMILES string of the molecule is COC(C)(C)CCn1ccc2cc(C(N)=S)ccc21. The van der Waals surface area contributed by atoms with Crippen molar-refractivity contribution in [2.75, 3.05) is 7.11 Å². The molecule has 0 fully saturated rings. The van der Waals surface area contributed by atoms with Gasteiger partial charge in [-0.15, -0.1) is 0 Å². The normalized spacial score (nSPS) is 11.9. The number of aromatic nitrogens is 1. The average Bonchev–Trinajstić information content (AvgIpc) is 2.78. The van der Waals surface area contributed by atoms with Crippen LogP contribution in [0.5, 0.6) is 0 Å². The number of nitrogens with two attached hydrogens (primary N) is 1. The van der Waals surface area contributed by atoms with Crippen LogP contribution in [-0.2, 0) is 11.3 Å². The van der Waals surface area contributed by atoms with Gasteiger partial charge in [-0.05, 0) is 44.5 Å². The number of methoxy groups -OCH3 is 1. The van der Waals surface area contributed by atoms with Gasteiger partial charge in [-0.3, -0.25) is 0 Å². The van der Waals surface area contributed by atoms with Gasteiger partial charge >= 0.3 is 0 Å². The van der Waals surface area contributed by atoms with E-state index in [1.807, 2.05) is 12.1 Å². The summed E-state index contributed by atoms with van der Waals surface area (Å²) in [6.07, 6.45) is 3.06. The second-order valence-electron chi connectivity index (χ2n) is 5.36. The van der Waals surface area contributed by atoms with Crippen molar-refractivity contribution in [1.29, 1.82) is 0 Å². The van der Waals surface area contributed by atoms with E-state index in [-0.39, 0.29) is 5.60 Å². The molecule has 4 heteroatoms. The Bertz CT molecular complexity index is 601. The predicted molar refractivity (Wildman–Crippen MR) is 83.5 cm³/mol.